The van der Waals surface area contributed by atoms with E-state index in [-0.39, 0.29) is 37.5 Å². The van der Waals surface area contributed by atoms with Crippen LogP contribution in [-0.2, 0) is 28.6 Å². The van der Waals surface area contributed by atoms with Crippen molar-refractivity contribution in [1.82, 2.24) is 0 Å². The van der Waals surface area contributed by atoms with Gasteiger partial charge in [-0.2, -0.15) is 0 Å². The van der Waals surface area contributed by atoms with Gasteiger partial charge in [0.2, 0.25) is 0 Å². The minimum atomic E-state index is -0.835. The summed E-state index contributed by atoms with van der Waals surface area (Å²) in [5.74, 6) is -1.04. The summed E-state index contributed by atoms with van der Waals surface area (Å²) in [6.45, 7) is 6.17. The molecule has 0 bridgehead atoms. The molecule has 1 unspecified atom stereocenters. The fourth-order valence-electron chi connectivity index (χ4n) is 6.62. The van der Waals surface area contributed by atoms with Crippen LogP contribution in [0.3, 0.4) is 0 Å². The highest BCUT2D eigenvalue weighted by Crippen LogP contribution is 2.12. The molecule has 384 valence electrons. The van der Waals surface area contributed by atoms with Crippen molar-refractivity contribution >= 4 is 17.9 Å². The van der Waals surface area contributed by atoms with E-state index in [1.54, 1.807) is 0 Å². The van der Waals surface area contributed by atoms with Crippen molar-refractivity contribution in [3.63, 3.8) is 0 Å². The first-order valence-corrected chi connectivity index (χ1v) is 27.0. The van der Waals surface area contributed by atoms with Gasteiger partial charge in [-0.15, -0.1) is 0 Å². The van der Waals surface area contributed by atoms with Gasteiger partial charge in [0.1, 0.15) is 13.2 Å². The summed E-state index contributed by atoms with van der Waals surface area (Å²) in [4.78, 5) is 38.1. The van der Waals surface area contributed by atoms with Crippen molar-refractivity contribution in [2.24, 2.45) is 0 Å². The number of allylic oxidation sites excluding steroid dienone is 26. The number of carbonyl (C=O) groups excluding carboxylic acids is 3. The molecular formula is C63H96O6. The van der Waals surface area contributed by atoms with Gasteiger partial charge in [-0.3, -0.25) is 14.4 Å². The maximum atomic E-state index is 12.8. The second-order valence-electron chi connectivity index (χ2n) is 17.0. The number of carbonyl (C=O) groups is 3. The van der Waals surface area contributed by atoms with Gasteiger partial charge in [-0.25, -0.2) is 0 Å². The molecule has 0 aliphatic rings. The molecule has 6 heteroatoms. The lowest BCUT2D eigenvalue weighted by atomic mass is 10.1. The van der Waals surface area contributed by atoms with E-state index in [1.807, 2.05) is 0 Å². The summed E-state index contributed by atoms with van der Waals surface area (Å²) < 4.78 is 16.7. The zero-order valence-corrected chi connectivity index (χ0v) is 43.8. The average Bonchev–Trinajstić information content (AvgIpc) is 3.35. The molecule has 0 aliphatic heterocycles. The average molecular weight is 949 g/mol. The van der Waals surface area contributed by atoms with Gasteiger partial charge in [0.25, 0.3) is 0 Å². The van der Waals surface area contributed by atoms with E-state index < -0.39 is 6.10 Å². The highest BCUT2D eigenvalue weighted by molar-refractivity contribution is 5.71. The molecule has 0 aliphatic carbocycles. The quantitative estimate of drug-likeness (QED) is 0.0199. The van der Waals surface area contributed by atoms with Crippen LogP contribution >= 0.6 is 0 Å². The fraction of sp³-hybridized carbons (Fsp3) is 0.540. The van der Waals surface area contributed by atoms with Crippen LogP contribution < -0.4 is 0 Å². The van der Waals surface area contributed by atoms with Gasteiger partial charge >= 0.3 is 17.9 Å². The van der Waals surface area contributed by atoms with Gasteiger partial charge in [0.05, 0.1) is 0 Å². The molecule has 0 fully saturated rings. The van der Waals surface area contributed by atoms with Crippen molar-refractivity contribution in [2.75, 3.05) is 13.2 Å². The Hall–Kier alpha value is -4.97. The van der Waals surface area contributed by atoms with Crippen molar-refractivity contribution in [1.29, 1.82) is 0 Å². The maximum absolute atomic E-state index is 12.8. The smallest absolute Gasteiger partial charge is 0.306 e. The Labute approximate surface area is 422 Å². The van der Waals surface area contributed by atoms with Crippen LogP contribution in [-0.4, -0.2) is 37.2 Å². The van der Waals surface area contributed by atoms with E-state index >= 15 is 0 Å². The second-order valence-corrected chi connectivity index (χ2v) is 17.0. The topological polar surface area (TPSA) is 78.9 Å². The minimum absolute atomic E-state index is 0.125. The van der Waals surface area contributed by atoms with E-state index in [1.165, 1.54) is 19.3 Å². The number of hydrogen-bond donors (Lipinski definition) is 0. The normalized spacial score (nSPS) is 13.4. The molecule has 0 saturated heterocycles. The maximum Gasteiger partial charge on any atom is 0.306 e. The highest BCUT2D eigenvalue weighted by atomic mass is 16.6. The first-order valence-electron chi connectivity index (χ1n) is 27.0. The monoisotopic (exact) mass is 949 g/mol. The molecule has 0 N–H and O–H groups in total. The highest BCUT2D eigenvalue weighted by Gasteiger charge is 2.19. The van der Waals surface area contributed by atoms with Gasteiger partial charge in [0, 0.05) is 19.3 Å². The van der Waals surface area contributed by atoms with Crippen LogP contribution in [0.5, 0.6) is 0 Å². The largest absolute Gasteiger partial charge is 0.462 e. The van der Waals surface area contributed by atoms with Crippen molar-refractivity contribution in [3.05, 3.63) is 158 Å². The van der Waals surface area contributed by atoms with Gasteiger partial charge in [-0.1, -0.05) is 217 Å². The van der Waals surface area contributed by atoms with E-state index in [0.29, 0.717) is 19.3 Å². The van der Waals surface area contributed by atoms with Crippen LogP contribution in [0.1, 0.15) is 201 Å². The van der Waals surface area contributed by atoms with Crippen LogP contribution in [0.4, 0.5) is 0 Å². The van der Waals surface area contributed by atoms with Crippen molar-refractivity contribution < 1.29 is 28.6 Å². The summed E-state index contributed by atoms with van der Waals surface area (Å²) in [6.07, 6.45) is 80.9. The summed E-state index contributed by atoms with van der Waals surface area (Å²) in [7, 11) is 0. The molecular weight excluding hydrogens is 853 g/mol. The van der Waals surface area contributed by atoms with Gasteiger partial charge in [0.15, 0.2) is 6.10 Å². The third-order valence-corrected chi connectivity index (χ3v) is 10.6. The third kappa shape index (κ3) is 53.8. The van der Waals surface area contributed by atoms with E-state index in [2.05, 4.69) is 179 Å². The number of hydrogen-bond acceptors (Lipinski definition) is 6. The summed E-state index contributed by atoms with van der Waals surface area (Å²) in [6, 6.07) is 0. The van der Waals surface area contributed by atoms with Crippen molar-refractivity contribution in [2.45, 2.75) is 207 Å². The molecule has 0 saturated carbocycles. The van der Waals surface area contributed by atoms with Crippen molar-refractivity contribution in [3.8, 4) is 0 Å². The molecule has 0 aromatic rings. The van der Waals surface area contributed by atoms with Gasteiger partial charge < -0.3 is 14.2 Å². The predicted molar refractivity (Wildman–Crippen MR) is 297 cm³/mol. The Morgan fingerprint density at radius 1 is 0.304 bits per heavy atom. The molecule has 0 aromatic heterocycles. The lowest BCUT2D eigenvalue weighted by Crippen LogP contribution is -2.30. The van der Waals surface area contributed by atoms with E-state index in [9.17, 15) is 14.4 Å². The van der Waals surface area contributed by atoms with Gasteiger partial charge in [-0.05, 0) is 122 Å². The molecule has 1 atom stereocenters. The molecule has 0 spiro atoms. The lowest BCUT2D eigenvalue weighted by Gasteiger charge is -2.18. The minimum Gasteiger partial charge on any atom is -0.462 e. The Balaban J connectivity index is 4.59. The summed E-state index contributed by atoms with van der Waals surface area (Å²) in [5.41, 5.74) is 0. The van der Waals surface area contributed by atoms with Crippen LogP contribution in [0.2, 0.25) is 0 Å². The fourth-order valence-corrected chi connectivity index (χ4v) is 6.62. The molecule has 0 heterocycles. The molecule has 69 heavy (non-hydrogen) atoms. The zero-order chi connectivity index (χ0) is 50.0. The lowest BCUT2D eigenvalue weighted by molar-refractivity contribution is -0.167. The van der Waals surface area contributed by atoms with E-state index in [0.717, 1.165) is 135 Å². The Bertz CT molecular complexity index is 1610. The van der Waals surface area contributed by atoms with E-state index in [4.69, 9.17) is 14.2 Å². The zero-order valence-electron chi connectivity index (χ0n) is 43.8. The third-order valence-electron chi connectivity index (χ3n) is 10.6. The Morgan fingerprint density at radius 2 is 0.609 bits per heavy atom. The second kappa shape index (κ2) is 55.6. The summed E-state index contributed by atoms with van der Waals surface area (Å²) >= 11 is 0. The molecule has 0 amide bonds. The summed E-state index contributed by atoms with van der Waals surface area (Å²) in [5, 5.41) is 0. The molecule has 0 aromatic carbocycles. The SMILES string of the molecule is CC\C=C/C=C\C=C/CCCCCCCCCC(=O)OCC(COC(=O)CCCCC/C=C\C/C=C\C/C=C\C/C=C\C/C=C\CC)OC(=O)CCC/C=C\C/C=C\C/C=C\C/C=C\C/C=C\CC. The Kier molecular flexibility index (Phi) is 51.6. The molecule has 6 nitrogen and oxygen atoms in total. The molecule has 0 rings (SSSR count). The molecule has 0 radical (unpaired) electrons. The standard InChI is InChI=1S/C63H96O6/c1-4-7-10-13-16-19-22-25-28-30-31-33-35-38-41-44-47-50-53-56-62(65)68-59-60(58-67-61(64)55-52-49-46-43-40-37-34-27-24-21-18-15-12-9-6-3)69-63(66)57-54-51-48-45-42-39-36-32-29-26-23-20-17-14-11-8-5-2/h7-12,15-21,24-26,28-29,31,33,36,38-39,41,45,48,60H,4-6,13-14,22-23,27,30,32,34-35,37,40,42-44,46-47,49-59H2,1-3H3/b10-7-,11-8-,12-9-,18-15-,19-16-,20-17-,24-21-,28-25-,29-26-,33-31-,39-36-,41-38-,48-45-. The van der Waals surface area contributed by atoms with Crippen LogP contribution in [0.15, 0.2) is 158 Å². The number of ether oxygens (including phenoxy) is 3. The number of unbranched alkanes of at least 4 members (excludes halogenated alkanes) is 11. The first-order chi connectivity index (χ1) is 34.0. The van der Waals surface area contributed by atoms with Crippen LogP contribution in [0, 0.1) is 0 Å². The Morgan fingerprint density at radius 3 is 1.03 bits per heavy atom. The number of rotatable bonds is 46. The predicted octanol–water partition coefficient (Wildman–Crippen LogP) is 18.2. The first kappa shape index (κ1) is 64.0. The number of esters is 3. The van der Waals surface area contributed by atoms with Crippen LogP contribution in [0.25, 0.3) is 0 Å².